The highest BCUT2D eigenvalue weighted by Crippen LogP contribution is 2.44. The number of carbonyl (C=O) groups is 1. The van der Waals surface area contributed by atoms with Crippen LogP contribution in [0.25, 0.3) is 0 Å². The van der Waals surface area contributed by atoms with Crippen molar-refractivity contribution in [2.24, 2.45) is 5.92 Å². The van der Waals surface area contributed by atoms with Gasteiger partial charge >= 0.3 is 0 Å². The first-order chi connectivity index (χ1) is 14.3. The van der Waals surface area contributed by atoms with Crippen molar-refractivity contribution in [3.05, 3.63) is 65.7 Å². The van der Waals surface area contributed by atoms with Crippen LogP contribution in [0.4, 0.5) is 5.69 Å². The molecule has 2 aromatic carbocycles. The zero-order chi connectivity index (χ0) is 19.7. The molecule has 0 aromatic heterocycles. The lowest BCUT2D eigenvalue weighted by atomic mass is 9.90. The molecule has 0 radical (unpaired) electrons. The van der Waals surface area contributed by atoms with Gasteiger partial charge in [0.05, 0.1) is 32.0 Å². The van der Waals surface area contributed by atoms with Crippen molar-refractivity contribution < 1.29 is 19.2 Å². The molecular formula is C24H29N2O3+. The number of para-hydroxylation sites is 1. The van der Waals surface area contributed by atoms with E-state index in [1.165, 1.54) is 23.3 Å². The predicted molar refractivity (Wildman–Crippen MR) is 111 cm³/mol. The molecule has 29 heavy (non-hydrogen) atoms. The molecule has 3 aliphatic heterocycles. The van der Waals surface area contributed by atoms with Gasteiger partial charge in [0.2, 0.25) is 0 Å². The molecule has 1 amide bonds. The molecule has 5 nitrogen and oxygen atoms in total. The molecule has 0 unspecified atom stereocenters. The lowest BCUT2D eigenvalue weighted by Gasteiger charge is -2.34. The summed E-state index contributed by atoms with van der Waals surface area (Å²) in [6.45, 7) is 4.00. The van der Waals surface area contributed by atoms with E-state index in [0.717, 1.165) is 43.1 Å². The van der Waals surface area contributed by atoms with Gasteiger partial charge in [-0.2, -0.15) is 0 Å². The molecule has 5 heteroatoms. The minimum atomic E-state index is -1.22. The van der Waals surface area contributed by atoms with Crippen molar-refractivity contribution in [3.63, 3.8) is 0 Å². The Hall–Kier alpha value is -2.21. The molecule has 2 saturated heterocycles. The highest BCUT2D eigenvalue weighted by atomic mass is 16.7. The average molecular weight is 394 g/mol. The Bertz CT molecular complexity index is 855. The highest BCUT2D eigenvalue weighted by Gasteiger charge is 2.55. The number of likely N-dealkylation sites (tertiary alicyclic amines) is 1. The third kappa shape index (κ3) is 3.48. The number of anilines is 1. The number of amides is 1. The van der Waals surface area contributed by atoms with Gasteiger partial charge in [0, 0.05) is 5.56 Å². The van der Waals surface area contributed by atoms with E-state index in [1.54, 1.807) is 0 Å². The van der Waals surface area contributed by atoms with Gasteiger partial charge in [-0.05, 0) is 43.2 Å². The van der Waals surface area contributed by atoms with E-state index in [2.05, 4.69) is 30.3 Å². The number of benzene rings is 2. The minimum Gasteiger partial charge on any atom is -0.338 e. The first-order valence-corrected chi connectivity index (χ1v) is 10.8. The number of quaternary nitrogens is 1. The topological polar surface area (TPSA) is 43.2 Å². The van der Waals surface area contributed by atoms with Gasteiger partial charge in [0.1, 0.15) is 0 Å². The van der Waals surface area contributed by atoms with Crippen LogP contribution in [-0.2, 0) is 26.5 Å². The van der Waals surface area contributed by atoms with E-state index in [-0.39, 0.29) is 5.91 Å². The highest BCUT2D eigenvalue weighted by molar-refractivity contribution is 6.05. The van der Waals surface area contributed by atoms with Crippen LogP contribution in [0.15, 0.2) is 54.6 Å². The van der Waals surface area contributed by atoms with Crippen molar-refractivity contribution in [2.75, 3.05) is 37.9 Å². The van der Waals surface area contributed by atoms with Crippen molar-refractivity contribution in [1.29, 1.82) is 0 Å². The van der Waals surface area contributed by atoms with Gasteiger partial charge < -0.3 is 14.4 Å². The first kappa shape index (κ1) is 18.8. The van der Waals surface area contributed by atoms with Gasteiger partial charge in [-0.3, -0.25) is 9.69 Å². The number of carbonyl (C=O) groups excluding carboxylic acids is 1. The molecule has 5 rings (SSSR count). The zero-order valence-electron chi connectivity index (χ0n) is 16.8. The Kier molecular flexibility index (Phi) is 5.12. The average Bonchev–Trinajstić information content (AvgIpc) is 2.99. The number of rotatable bonds is 4. The van der Waals surface area contributed by atoms with E-state index in [1.807, 2.05) is 29.2 Å². The van der Waals surface area contributed by atoms with E-state index >= 15 is 0 Å². The van der Waals surface area contributed by atoms with E-state index < -0.39 is 5.79 Å². The molecule has 2 aromatic rings. The summed E-state index contributed by atoms with van der Waals surface area (Å²) in [5.74, 6) is -0.545. The summed E-state index contributed by atoms with van der Waals surface area (Å²) in [4.78, 5) is 16.7. The van der Waals surface area contributed by atoms with Crippen molar-refractivity contribution in [3.8, 4) is 0 Å². The molecule has 1 N–H and O–H groups in total. The largest absolute Gasteiger partial charge is 0.338 e. The van der Waals surface area contributed by atoms with Crippen molar-refractivity contribution in [1.82, 2.24) is 0 Å². The summed E-state index contributed by atoms with van der Waals surface area (Å²) in [6.07, 6.45) is 4.39. The second-order valence-corrected chi connectivity index (χ2v) is 8.46. The molecule has 0 aliphatic carbocycles. The van der Waals surface area contributed by atoms with E-state index in [0.29, 0.717) is 19.9 Å². The van der Waals surface area contributed by atoms with Crippen LogP contribution in [0.3, 0.4) is 0 Å². The second kappa shape index (κ2) is 7.90. The maximum absolute atomic E-state index is 13.4. The Labute approximate surface area is 172 Å². The third-order valence-corrected chi connectivity index (χ3v) is 6.54. The van der Waals surface area contributed by atoms with Gasteiger partial charge in [-0.15, -0.1) is 0 Å². The van der Waals surface area contributed by atoms with Crippen LogP contribution < -0.4 is 9.80 Å². The number of nitrogens with one attached hydrogen (secondary N) is 1. The molecule has 0 bridgehead atoms. The number of piperidine rings is 1. The Morgan fingerprint density at radius 3 is 2.41 bits per heavy atom. The van der Waals surface area contributed by atoms with Crippen molar-refractivity contribution in [2.45, 2.75) is 31.5 Å². The smallest absolute Gasteiger partial charge is 0.296 e. The quantitative estimate of drug-likeness (QED) is 0.865. The minimum absolute atomic E-state index is 0.0580. The number of ether oxygens (including phenoxy) is 2. The van der Waals surface area contributed by atoms with Crippen LogP contribution in [0.2, 0.25) is 0 Å². The fourth-order valence-electron chi connectivity index (χ4n) is 4.98. The molecule has 1 spiro atoms. The summed E-state index contributed by atoms with van der Waals surface area (Å²) < 4.78 is 11.9. The molecule has 152 valence electrons. The molecule has 0 atom stereocenters. The lowest BCUT2D eigenvalue weighted by molar-refractivity contribution is -0.904. The number of hydrogen-bond acceptors (Lipinski definition) is 3. The monoisotopic (exact) mass is 393 g/mol. The van der Waals surface area contributed by atoms with Gasteiger partial charge in [-0.1, -0.05) is 48.5 Å². The fraction of sp³-hybridized carbons (Fsp3) is 0.458. The van der Waals surface area contributed by atoms with Gasteiger partial charge in [0.25, 0.3) is 11.7 Å². The maximum Gasteiger partial charge on any atom is 0.296 e. The van der Waals surface area contributed by atoms with Crippen LogP contribution in [0.5, 0.6) is 0 Å². The molecule has 0 saturated carbocycles. The van der Waals surface area contributed by atoms with E-state index in [9.17, 15) is 4.79 Å². The molecule has 2 fully saturated rings. The Morgan fingerprint density at radius 1 is 0.966 bits per heavy atom. The summed E-state index contributed by atoms with van der Waals surface area (Å²) in [7, 11) is 0. The molecule has 3 heterocycles. The SMILES string of the molecule is O=C1N(C[NH+]2CCC(Cc3ccccc3)CC2)c2ccccc2C12OCCCO2. The standard InChI is InChI=1S/C24H28N2O3/c27-23-24(28-15-6-16-29-24)21-9-4-5-10-22(21)26(23)18-25-13-11-20(12-14-25)17-19-7-2-1-3-8-19/h1-5,7-10,20H,6,11-18H2/p+1. The summed E-state index contributed by atoms with van der Waals surface area (Å²) in [5.41, 5.74) is 3.24. The fourth-order valence-corrected chi connectivity index (χ4v) is 4.98. The molecular weight excluding hydrogens is 364 g/mol. The normalized spacial score (nSPS) is 25.9. The number of nitrogens with zero attached hydrogens (tertiary/aromatic N) is 1. The second-order valence-electron chi connectivity index (χ2n) is 8.46. The summed E-state index contributed by atoms with van der Waals surface area (Å²) in [5, 5.41) is 0. The van der Waals surface area contributed by atoms with Gasteiger partial charge in [0.15, 0.2) is 6.67 Å². The van der Waals surface area contributed by atoms with Gasteiger partial charge in [-0.25, -0.2) is 0 Å². The Morgan fingerprint density at radius 2 is 1.66 bits per heavy atom. The summed E-state index contributed by atoms with van der Waals surface area (Å²) >= 11 is 0. The predicted octanol–water partition coefficient (Wildman–Crippen LogP) is 2.12. The van der Waals surface area contributed by atoms with Crippen LogP contribution in [-0.4, -0.2) is 38.9 Å². The van der Waals surface area contributed by atoms with E-state index in [4.69, 9.17) is 9.47 Å². The van der Waals surface area contributed by atoms with Crippen LogP contribution >= 0.6 is 0 Å². The van der Waals surface area contributed by atoms with Crippen molar-refractivity contribution >= 4 is 11.6 Å². The molecule has 3 aliphatic rings. The number of fused-ring (bicyclic) bond motifs is 2. The zero-order valence-corrected chi connectivity index (χ0v) is 16.8. The van der Waals surface area contributed by atoms with Crippen LogP contribution in [0, 0.1) is 5.92 Å². The first-order valence-electron chi connectivity index (χ1n) is 10.8. The Balaban J connectivity index is 1.26. The third-order valence-electron chi connectivity index (χ3n) is 6.54. The summed E-state index contributed by atoms with van der Waals surface area (Å²) in [6, 6.07) is 18.7. The lowest BCUT2D eigenvalue weighted by Crippen LogP contribution is -3.14. The maximum atomic E-state index is 13.4. The van der Waals surface area contributed by atoms with Crippen LogP contribution in [0.1, 0.15) is 30.4 Å². The number of hydrogen-bond donors (Lipinski definition) is 1.